The van der Waals surface area contributed by atoms with Gasteiger partial charge < -0.3 is 20.1 Å². The van der Waals surface area contributed by atoms with Crippen LogP contribution in [0.25, 0.3) is 0 Å². The highest BCUT2D eigenvalue weighted by atomic mass is 16.5. The van der Waals surface area contributed by atoms with E-state index < -0.39 is 12.0 Å². The van der Waals surface area contributed by atoms with E-state index in [-0.39, 0.29) is 12.1 Å². The molecule has 1 aliphatic heterocycles. The van der Waals surface area contributed by atoms with Crippen molar-refractivity contribution < 1.29 is 19.1 Å². The van der Waals surface area contributed by atoms with Crippen molar-refractivity contribution in [3.63, 3.8) is 0 Å². The van der Waals surface area contributed by atoms with Gasteiger partial charge in [-0.3, -0.25) is 0 Å². The zero-order chi connectivity index (χ0) is 12.0. The van der Waals surface area contributed by atoms with Crippen LogP contribution in [0.1, 0.15) is 19.8 Å². The maximum absolute atomic E-state index is 11.3. The molecular weight excluding hydrogens is 212 g/mol. The second-order valence-corrected chi connectivity index (χ2v) is 3.73. The molecule has 0 aliphatic carbocycles. The minimum atomic E-state index is -0.644. The van der Waals surface area contributed by atoms with Gasteiger partial charge in [-0.2, -0.15) is 0 Å². The summed E-state index contributed by atoms with van der Waals surface area (Å²) in [5.41, 5.74) is 0. The van der Waals surface area contributed by atoms with Crippen LogP contribution in [0, 0.1) is 0 Å². The molecule has 0 bridgehead atoms. The lowest BCUT2D eigenvalue weighted by Gasteiger charge is -2.14. The fourth-order valence-electron chi connectivity index (χ4n) is 1.50. The standard InChI is InChI=1S/C10H18N2O4/c1-7(9(13)15-2)12-10(14)11-6-8-4-3-5-16-8/h7-8H,3-6H2,1-2H3,(H2,11,12,14). The fraction of sp³-hybridized carbons (Fsp3) is 0.800. The smallest absolute Gasteiger partial charge is 0.328 e. The maximum Gasteiger partial charge on any atom is 0.328 e. The van der Waals surface area contributed by atoms with Gasteiger partial charge in [-0.25, -0.2) is 9.59 Å². The number of carbonyl (C=O) groups excluding carboxylic acids is 2. The minimum absolute atomic E-state index is 0.0965. The first-order chi connectivity index (χ1) is 7.63. The van der Waals surface area contributed by atoms with Gasteiger partial charge in [0.15, 0.2) is 0 Å². The molecule has 0 radical (unpaired) electrons. The van der Waals surface area contributed by atoms with Gasteiger partial charge in [0.25, 0.3) is 0 Å². The average molecular weight is 230 g/mol. The van der Waals surface area contributed by atoms with Crippen molar-refractivity contribution >= 4 is 12.0 Å². The quantitative estimate of drug-likeness (QED) is 0.668. The highest BCUT2D eigenvalue weighted by Crippen LogP contribution is 2.10. The van der Waals surface area contributed by atoms with Crippen LogP contribution in [0.2, 0.25) is 0 Å². The molecule has 0 saturated carbocycles. The van der Waals surface area contributed by atoms with Gasteiger partial charge in [0.05, 0.1) is 13.2 Å². The molecule has 0 aromatic heterocycles. The van der Waals surface area contributed by atoms with E-state index in [9.17, 15) is 9.59 Å². The van der Waals surface area contributed by atoms with Crippen LogP contribution in [0.15, 0.2) is 0 Å². The van der Waals surface area contributed by atoms with Crippen molar-refractivity contribution in [2.24, 2.45) is 0 Å². The van der Waals surface area contributed by atoms with Gasteiger partial charge in [0.2, 0.25) is 0 Å². The Hall–Kier alpha value is -1.30. The van der Waals surface area contributed by atoms with Crippen LogP contribution >= 0.6 is 0 Å². The van der Waals surface area contributed by atoms with Gasteiger partial charge in [0, 0.05) is 13.2 Å². The van der Waals surface area contributed by atoms with Crippen molar-refractivity contribution in [1.29, 1.82) is 0 Å². The highest BCUT2D eigenvalue weighted by Gasteiger charge is 2.18. The first-order valence-corrected chi connectivity index (χ1v) is 5.37. The largest absolute Gasteiger partial charge is 0.467 e. The second kappa shape index (κ2) is 6.32. The summed E-state index contributed by atoms with van der Waals surface area (Å²) in [5.74, 6) is -0.465. The lowest BCUT2D eigenvalue weighted by molar-refractivity contribution is -0.142. The molecule has 1 aliphatic rings. The molecule has 2 N–H and O–H groups in total. The topological polar surface area (TPSA) is 76.7 Å². The lowest BCUT2D eigenvalue weighted by atomic mass is 10.2. The molecule has 1 saturated heterocycles. The third-order valence-corrected chi connectivity index (χ3v) is 2.42. The van der Waals surface area contributed by atoms with Crippen molar-refractivity contribution in [2.45, 2.75) is 31.9 Å². The lowest BCUT2D eigenvalue weighted by Crippen LogP contribution is -2.46. The number of urea groups is 1. The van der Waals surface area contributed by atoms with Gasteiger partial charge in [-0.15, -0.1) is 0 Å². The highest BCUT2D eigenvalue weighted by molar-refractivity contribution is 5.83. The van der Waals surface area contributed by atoms with E-state index in [0.717, 1.165) is 19.4 Å². The van der Waals surface area contributed by atoms with E-state index in [1.165, 1.54) is 7.11 Å². The average Bonchev–Trinajstić information content (AvgIpc) is 2.78. The number of esters is 1. The first-order valence-electron chi connectivity index (χ1n) is 5.37. The Kier molecular flexibility index (Phi) is 5.04. The Balaban J connectivity index is 2.17. The summed E-state index contributed by atoms with van der Waals surface area (Å²) < 4.78 is 9.83. The predicted octanol–water partition coefficient (Wildman–Crippen LogP) is 0.0261. The van der Waals surface area contributed by atoms with Crippen LogP contribution in [0.4, 0.5) is 4.79 Å². The van der Waals surface area contributed by atoms with E-state index in [1.54, 1.807) is 6.92 Å². The Morgan fingerprint density at radius 2 is 2.31 bits per heavy atom. The minimum Gasteiger partial charge on any atom is -0.467 e. The molecule has 1 rings (SSSR count). The third-order valence-electron chi connectivity index (χ3n) is 2.42. The summed E-state index contributed by atoms with van der Waals surface area (Å²) in [6.07, 6.45) is 2.10. The van der Waals surface area contributed by atoms with Gasteiger partial charge in [0.1, 0.15) is 6.04 Å². The summed E-state index contributed by atoms with van der Waals surface area (Å²) >= 11 is 0. The van der Waals surface area contributed by atoms with Crippen LogP contribution in [0.5, 0.6) is 0 Å². The zero-order valence-electron chi connectivity index (χ0n) is 9.62. The molecule has 0 aromatic carbocycles. The molecule has 92 valence electrons. The van der Waals surface area contributed by atoms with Gasteiger partial charge in [-0.1, -0.05) is 0 Å². The van der Waals surface area contributed by atoms with E-state index in [2.05, 4.69) is 15.4 Å². The summed E-state index contributed by atoms with van der Waals surface area (Å²) in [5, 5.41) is 5.13. The molecule has 1 heterocycles. The van der Waals surface area contributed by atoms with E-state index in [4.69, 9.17) is 4.74 Å². The number of nitrogens with one attached hydrogen (secondary N) is 2. The van der Waals surface area contributed by atoms with Crippen molar-refractivity contribution in [3.8, 4) is 0 Å². The number of methoxy groups -OCH3 is 1. The molecule has 2 unspecified atom stereocenters. The molecule has 1 fully saturated rings. The van der Waals surface area contributed by atoms with Crippen LogP contribution in [-0.4, -0.2) is 44.4 Å². The normalized spacial score (nSPS) is 21.2. The summed E-state index contributed by atoms with van der Waals surface area (Å²) in [6.45, 7) is 2.80. The van der Waals surface area contributed by atoms with E-state index in [1.807, 2.05) is 0 Å². The number of rotatable bonds is 4. The van der Waals surface area contributed by atoms with E-state index >= 15 is 0 Å². The predicted molar refractivity (Wildman–Crippen MR) is 57.0 cm³/mol. The number of ether oxygens (including phenoxy) is 2. The first kappa shape index (κ1) is 12.8. The molecule has 0 spiro atoms. The Labute approximate surface area is 94.7 Å². The van der Waals surface area contributed by atoms with Crippen LogP contribution in [0.3, 0.4) is 0 Å². The van der Waals surface area contributed by atoms with Crippen molar-refractivity contribution in [3.05, 3.63) is 0 Å². The molecule has 0 aromatic rings. The molecule has 16 heavy (non-hydrogen) atoms. The van der Waals surface area contributed by atoms with E-state index in [0.29, 0.717) is 6.54 Å². The summed E-state index contributed by atoms with van der Waals surface area (Å²) in [7, 11) is 1.28. The fourth-order valence-corrected chi connectivity index (χ4v) is 1.50. The molecule has 6 nitrogen and oxygen atoms in total. The number of hydrogen-bond donors (Lipinski definition) is 2. The molecule has 6 heteroatoms. The number of carbonyl (C=O) groups is 2. The SMILES string of the molecule is COC(=O)C(C)NC(=O)NCC1CCCO1. The molecular formula is C10H18N2O4. The van der Waals surface area contributed by atoms with Gasteiger partial charge in [-0.05, 0) is 19.8 Å². The Morgan fingerprint density at radius 3 is 2.88 bits per heavy atom. The van der Waals surface area contributed by atoms with Crippen LogP contribution in [-0.2, 0) is 14.3 Å². The van der Waals surface area contributed by atoms with Crippen LogP contribution < -0.4 is 10.6 Å². The maximum atomic E-state index is 11.3. The van der Waals surface area contributed by atoms with Gasteiger partial charge >= 0.3 is 12.0 Å². The van der Waals surface area contributed by atoms with Crippen molar-refractivity contribution in [2.75, 3.05) is 20.3 Å². The second-order valence-electron chi connectivity index (χ2n) is 3.73. The Morgan fingerprint density at radius 1 is 1.56 bits per heavy atom. The number of hydrogen-bond acceptors (Lipinski definition) is 4. The van der Waals surface area contributed by atoms with Crippen molar-refractivity contribution in [1.82, 2.24) is 10.6 Å². The number of amides is 2. The monoisotopic (exact) mass is 230 g/mol. The Bertz CT molecular complexity index is 251. The molecule has 2 atom stereocenters. The third kappa shape index (κ3) is 4.06. The summed E-state index contributed by atoms with van der Waals surface area (Å²) in [6, 6.07) is -1.03. The summed E-state index contributed by atoms with van der Waals surface area (Å²) in [4.78, 5) is 22.4. The molecule has 2 amide bonds. The zero-order valence-corrected chi connectivity index (χ0v) is 9.62.